The zero-order chi connectivity index (χ0) is 33.3. The Hall–Kier alpha value is -4.41. The number of pyridine rings is 1. The summed E-state index contributed by atoms with van der Waals surface area (Å²) in [5.41, 5.74) is 0.674. The molecule has 1 aromatic heterocycles. The van der Waals surface area contributed by atoms with Gasteiger partial charge in [0.2, 0.25) is 0 Å². The lowest BCUT2D eigenvalue weighted by Crippen LogP contribution is -2.50. The van der Waals surface area contributed by atoms with E-state index in [1.54, 1.807) is 43.6 Å². The van der Waals surface area contributed by atoms with Crippen molar-refractivity contribution in [3.8, 4) is 23.0 Å². The number of benzene rings is 3. The van der Waals surface area contributed by atoms with E-state index in [4.69, 9.17) is 18.9 Å². The molecular weight excluding hydrogens is 618 g/mol. The van der Waals surface area contributed by atoms with Crippen LogP contribution in [0.25, 0.3) is 10.9 Å². The summed E-state index contributed by atoms with van der Waals surface area (Å²) >= 11 is 0. The molecule has 0 amide bonds. The highest BCUT2D eigenvalue weighted by Crippen LogP contribution is 2.49. The lowest BCUT2D eigenvalue weighted by atomic mass is 9.79. The van der Waals surface area contributed by atoms with Crippen molar-refractivity contribution in [3.05, 3.63) is 89.6 Å². The predicted octanol–water partition coefficient (Wildman–Crippen LogP) is 6.51. The van der Waals surface area contributed by atoms with Gasteiger partial charge in [0.1, 0.15) is 11.6 Å². The van der Waals surface area contributed by atoms with E-state index in [0.29, 0.717) is 70.7 Å². The SMILES string of the molecule is COc1cc2c(Oc3ccc(CC(=O)C4(C(=O)Cc5ccc(F)cc5)CC4)cc3F)ccnc2cc1OCC1CC(N2CCOCC2)C1. The van der Waals surface area contributed by atoms with Crippen LogP contribution in [0.4, 0.5) is 8.78 Å². The van der Waals surface area contributed by atoms with Gasteiger partial charge in [-0.05, 0) is 79.1 Å². The van der Waals surface area contributed by atoms with Crippen molar-refractivity contribution in [3.63, 3.8) is 0 Å². The Kier molecular flexibility index (Phi) is 9.11. The molecule has 0 N–H and O–H groups in total. The van der Waals surface area contributed by atoms with Crippen molar-refractivity contribution < 1.29 is 37.3 Å². The number of hydrogen-bond donors (Lipinski definition) is 0. The predicted molar refractivity (Wildman–Crippen MR) is 175 cm³/mol. The fourth-order valence-corrected chi connectivity index (χ4v) is 6.78. The largest absolute Gasteiger partial charge is 0.493 e. The first-order chi connectivity index (χ1) is 23.3. The molecule has 0 spiro atoms. The molecule has 0 atom stereocenters. The molecule has 3 aromatic carbocycles. The first-order valence-corrected chi connectivity index (χ1v) is 16.5. The van der Waals surface area contributed by atoms with Crippen molar-refractivity contribution in [2.45, 2.75) is 44.6 Å². The second-order valence-electron chi connectivity index (χ2n) is 13.1. The number of fused-ring (bicyclic) bond motifs is 1. The maximum atomic E-state index is 15.3. The minimum Gasteiger partial charge on any atom is -0.493 e. The van der Waals surface area contributed by atoms with Gasteiger partial charge in [0, 0.05) is 49.6 Å². The van der Waals surface area contributed by atoms with Crippen molar-refractivity contribution >= 4 is 22.5 Å². The number of nitrogens with zero attached hydrogens (tertiary/aromatic N) is 2. The standard InChI is InChI=1S/C38H38F2N2O6/c1-45-34-21-29-31(22-35(34)47-23-26-16-28(17-26)42-12-14-46-15-13-42)41-11-8-32(29)48-33-7-4-25(18-30(33)40)20-37(44)38(9-10-38)36(43)19-24-2-5-27(39)6-3-24/h2-8,11,18,21-22,26,28H,9-10,12-17,19-20,23H2,1H3. The van der Waals surface area contributed by atoms with Crippen LogP contribution in [0.15, 0.2) is 66.9 Å². The highest BCUT2D eigenvalue weighted by atomic mass is 19.1. The monoisotopic (exact) mass is 656 g/mol. The maximum absolute atomic E-state index is 15.3. The van der Waals surface area contributed by atoms with Crippen LogP contribution < -0.4 is 14.2 Å². The molecule has 3 fully saturated rings. The summed E-state index contributed by atoms with van der Waals surface area (Å²) in [5, 5.41) is 0.631. The van der Waals surface area contributed by atoms with Gasteiger partial charge in [0.05, 0.1) is 37.9 Å². The third kappa shape index (κ3) is 6.77. The first-order valence-electron chi connectivity index (χ1n) is 16.5. The summed E-state index contributed by atoms with van der Waals surface area (Å²) in [6.07, 6.45) is 4.72. The van der Waals surface area contributed by atoms with Crippen LogP contribution in [0.2, 0.25) is 0 Å². The number of morpholine rings is 1. The molecule has 0 radical (unpaired) electrons. The number of carbonyl (C=O) groups excluding carboxylic acids is 2. The van der Waals surface area contributed by atoms with Gasteiger partial charge < -0.3 is 18.9 Å². The van der Waals surface area contributed by atoms with Crippen molar-refractivity contribution in [1.82, 2.24) is 9.88 Å². The molecule has 2 aliphatic carbocycles. The van der Waals surface area contributed by atoms with E-state index in [2.05, 4.69) is 9.88 Å². The topological polar surface area (TPSA) is 87.2 Å². The molecule has 2 heterocycles. The second-order valence-corrected chi connectivity index (χ2v) is 13.1. The zero-order valence-corrected chi connectivity index (χ0v) is 26.9. The Bertz CT molecular complexity index is 1810. The summed E-state index contributed by atoms with van der Waals surface area (Å²) in [6, 6.07) is 15.9. The van der Waals surface area contributed by atoms with E-state index >= 15 is 4.39 Å². The number of ether oxygens (including phenoxy) is 4. The quantitative estimate of drug-likeness (QED) is 0.151. The minimum atomic E-state index is -1.05. The summed E-state index contributed by atoms with van der Waals surface area (Å²) < 4.78 is 51.9. The number of Topliss-reactive ketones (excluding diaryl/α,β-unsaturated/α-hetero) is 2. The highest BCUT2D eigenvalue weighted by Gasteiger charge is 2.54. The van der Waals surface area contributed by atoms with E-state index in [0.717, 1.165) is 39.1 Å². The molecule has 4 aromatic rings. The van der Waals surface area contributed by atoms with Crippen LogP contribution in [-0.2, 0) is 27.2 Å². The Morgan fingerprint density at radius 1 is 0.875 bits per heavy atom. The van der Waals surface area contributed by atoms with E-state index in [-0.39, 0.29) is 36.0 Å². The van der Waals surface area contributed by atoms with Crippen LogP contribution in [0, 0.1) is 23.0 Å². The number of aromatic nitrogens is 1. The molecular formula is C38H38F2N2O6. The van der Waals surface area contributed by atoms with Gasteiger partial charge in [-0.25, -0.2) is 8.78 Å². The maximum Gasteiger partial charge on any atom is 0.166 e. The summed E-state index contributed by atoms with van der Waals surface area (Å²) in [4.78, 5) is 33.2. The molecule has 1 saturated heterocycles. The Morgan fingerprint density at radius 2 is 1.58 bits per heavy atom. The smallest absolute Gasteiger partial charge is 0.166 e. The lowest BCUT2D eigenvalue weighted by Gasteiger charge is -2.44. The zero-order valence-electron chi connectivity index (χ0n) is 26.9. The highest BCUT2D eigenvalue weighted by molar-refractivity contribution is 6.11. The number of halogens is 2. The number of ketones is 2. The minimum absolute atomic E-state index is 0.00804. The number of rotatable bonds is 13. The van der Waals surface area contributed by atoms with Crippen LogP contribution in [0.3, 0.4) is 0 Å². The average Bonchev–Trinajstić information content (AvgIpc) is 3.89. The van der Waals surface area contributed by atoms with E-state index in [1.807, 2.05) is 6.07 Å². The molecule has 7 rings (SSSR count). The molecule has 250 valence electrons. The fourth-order valence-electron chi connectivity index (χ4n) is 6.78. The number of hydrogen-bond acceptors (Lipinski definition) is 8. The van der Waals surface area contributed by atoms with Crippen molar-refractivity contribution in [2.75, 3.05) is 40.0 Å². The van der Waals surface area contributed by atoms with E-state index in [9.17, 15) is 14.0 Å². The Morgan fingerprint density at radius 3 is 2.27 bits per heavy atom. The van der Waals surface area contributed by atoms with Crippen LogP contribution >= 0.6 is 0 Å². The van der Waals surface area contributed by atoms with Gasteiger partial charge >= 0.3 is 0 Å². The van der Waals surface area contributed by atoms with Gasteiger partial charge in [0.25, 0.3) is 0 Å². The third-order valence-corrected chi connectivity index (χ3v) is 9.91. The number of carbonyl (C=O) groups is 2. The molecule has 48 heavy (non-hydrogen) atoms. The fraction of sp³-hybridized carbons (Fsp3) is 0.395. The van der Waals surface area contributed by atoms with E-state index in [1.165, 1.54) is 24.3 Å². The van der Waals surface area contributed by atoms with Crippen LogP contribution in [-0.4, -0.2) is 67.5 Å². The van der Waals surface area contributed by atoms with Crippen LogP contribution in [0.1, 0.15) is 36.8 Å². The van der Waals surface area contributed by atoms with Gasteiger partial charge in [0.15, 0.2) is 34.6 Å². The van der Waals surface area contributed by atoms with Crippen molar-refractivity contribution in [2.24, 2.45) is 11.3 Å². The van der Waals surface area contributed by atoms with Gasteiger partial charge in [-0.3, -0.25) is 19.5 Å². The lowest BCUT2D eigenvalue weighted by molar-refractivity contribution is -0.133. The molecule has 2 saturated carbocycles. The van der Waals surface area contributed by atoms with Gasteiger partial charge in [-0.1, -0.05) is 18.2 Å². The summed E-state index contributed by atoms with van der Waals surface area (Å²) in [5.74, 6) is 0.543. The normalized spacial score (nSPS) is 20.1. The Balaban J connectivity index is 0.989. The molecule has 3 aliphatic rings. The third-order valence-electron chi connectivity index (χ3n) is 9.91. The summed E-state index contributed by atoms with van der Waals surface area (Å²) in [7, 11) is 1.57. The average molecular weight is 657 g/mol. The molecule has 1 aliphatic heterocycles. The molecule has 10 heteroatoms. The first kappa shape index (κ1) is 32.2. The molecule has 0 unspecified atom stereocenters. The van der Waals surface area contributed by atoms with Crippen LogP contribution in [0.5, 0.6) is 23.0 Å². The summed E-state index contributed by atoms with van der Waals surface area (Å²) in [6.45, 7) is 4.17. The van der Waals surface area contributed by atoms with E-state index < -0.39 is 11.2 Å². The second kappa shape index (κ2) is 13.6. The van der Waals surface area contributed by atoms with Gasteiger partial charge in [-0.15, -0.1) is 0 Å². The molecule has 0 bridgehead atoms. The van der Waals surface area contributed by atoms with Gasteiger partial charge in [-0.2, -0.15) is 0 Å². The number of methoxy groups -OCH3 is 1. The Labute approximate surface area is 278 Å². The molecule has 8 nitrogen and oxygen atoms in total. The van der Waals surface area contributed by atoms with Crippen molar-refractivity contribution in [1.29, 1.82) is 0 Å².